The van der Waals surface area contributed by atoms with Gasteiger partial charge in [0.05, 0.1) is 29.0 Å². The van der Waals surface area contributed by atoms with Crippen LogP contribution in [0.2, 0.25) is 0 Å². The van der Waals surface area contributed by atoms with E-state index in [1.807, 2.05) is 6.92 Å². The lowest BCUT2D eigenvalue weighted by molar-refractivity contribution is 0.0780. The molecule has 0 aliphatic heterocycles. The molecule has 1 heterocycles. The van der Waals surface area contributed by atoms with Gasteiger partial charge in [-0.1, -0.05) is 43.0 Å². The zero-order valence-corrected chi connectivity index (χ0v) is 19.8. The van der Waals surface area contributed by atoms with Gasteiger partial charge in [0.2, 0.25) is 9.84 Å². The monoisotopic (exact) mass is 483 g/mol. The van der Waals surface area contributed by atoms with E-state index in [-0.39, 0.29) is 17.0 Å². The summed E-state index contributed by atoms with van der Waals surface area (Å²) >= 11 is 0. The molecule has 178 valence electrons. The Morgan fingerprint density at radius 2 is 1.91 bits per heavy atom. The molecule has 0 radical (unpaired) electrons. The van der Waals surface area contributed by atoms with E-state index in [0.29, 0.717) is 23.6 Å². The van der Waals surface area contributed by atoms with Crippen LogP contribution in [0.4, 0.5) is 10.1 Å². The number of nitrogens with zero attached hydrogens (tertiary/aromatic N) is 2. The van der Waals surface area contributed by atoms with Crippen molar-refractivity contribution in [3.05, 3.63) is 96.6 Å². The fraction of sp³-hybridized carbons (Fsp3) is 0.200. The normalized spacial score (nSPS) is 12.0. The number of halogens is 1. The third-order valence-corrected chi connectivity index (χ3v) is 7.01. The van der Waals surface area contributed by atoms with E-state index in [0.717, 1.165) is 0 Å². The maximum absolute atomic E-state index is 14.1. The lowest BCUT2D eigenvalue weighted by Crippen LogP contribution is -2.32. The number of sulfone groups is 1. The third-order valence-electron chi connectivity index (χ3n) is 5.06. The molecule has 7 nitrogen and oxygen atoms in total. The summed E-state index contributed by atoms with van der Waals surface area (Å²) in [4.78, 5) is 18.3. The van der Waals surface area contributed by atoms with Crippen LogP contribution < -0.4 is 10.1 Å². The first kappa shape index (κ1) is 24.9. The van der Waals surface area contributed by atoms with Crippen molar-refractivity contribution < 1.29 is 22.3 Å². The predicted octanol–water partition coefficient (Wildman–Crippen LogP) is 4.29. The van der Waals surface area contributed by atoms with Crippen molar-refractivity contribution in [1.82, 2.24) is 9.88 Å². The molecule has 0 fully saturated rings. The average molecular weight is 484 g/mol. The van der Waals surface area contributed by atoms with Crippen LogP contribution in [-0.4, -0.2) is 43.2 Å². The average Bonchev–Trinajstić information content (AvgIpc) is 2.84. The quantitative estimate of drug-likeness (QED) is 0.433. The second kappa shape index (κ2) is 10.9. The molecule has 0 aliphatic rings. The lowest BCUT2D eigenvalue weighted by atomic mass is 10.1. The highest BCUT2D eigenvalue weighted by Gasteiger charge is 2.31. The third kappa shape index (κ3) is 5.43. The van der Waals surface area contributed by atoms with E-state index in [4.69, 9.17) is 4.74 Å². The van der Waals surface area contributed by atoms with Gasteiger partial charge in [0.15, 0.2) is 5.37 Å². The summed E-state index contributed by atoms with van der Waals surface area (Å²) in [5.74, 6) is -0.560. The van der Waals surface area contributed by atoms with Crippen molar-refractivity contribution >= 4 is 21.4 Å². The molecular weight excluding hydrogens is 457 g/mol. The Hall–Kier alpha value is -3.72. The number of rotatable bonds is 10. The molecule has 1 aromatic heterocycles. The number of carbonyl (C=O) groups is 1. The van der Waals surface area contributed by atoms with Gasteiger partial charge >= 0.3 is 0 Å². The van der Waals surface area contributed by atoms with Gasteiger partial charge < -0.3 is 15.0 Å². The molecule has 1 N–H and O–H groups in total. The molecule has 0 saturated carbocycles. The molecular formula is C25H26FN3O4S. The van der Waals surface area contributed by atoms with Crippen LogP contribution in [0, 0.1) is 5.82 Å². The Balaban J connectivity index is 1.93. The predicted molar refractivity (Wildman–Crippen MR) is 129 cm³/mol. The number of anilines is 1. The molecule has 3 aromatic rings. The minimum atomic E-state index is -4.11. The number of amides is 1. The maximum Gasteiger partial charge on any atom is 0.255 e. The van der Waals surface area contributed by atoms with Crippen molar-refractivity contribution in [3.8, 4) is 5.75 Å². The SMILES string of the molecule is C=CC(Nc1cnccc1OCC)S(=O)(=O)c1ccccc1C(=O)N(C)Cc1ccccc1F. The van der Waals surface area contributed by atoms with Gasteiger partial charge in [-0.25, -0.2) is 12.8 Å². The summed E-state index contributed by atoms with van der Waals surface area (Å²) in [5.41, 5.74) is 0.675. The van der Waals surface area contributed by atoms with Gasteiger partial charge in [-0.15, -0.1) is 0 Å². The van der Waals surface area contributed by atoms with Crippen LogP contribution in [0.15, 0.2) is 84.5 Å². The first-order valence-electron chi connectivity index (χ1n) is 10.6. The van der Waals surface area contributed by atoms with Crippen molar-refractivity contribution in [2.24, 2.45) is 0 Å². The number of ether oxygens (including phenoxy) is 1. The molecule has 34 heavy (non-hydrogen) atoms. The molecule has 0 bridgehead atoms. The van der Waals surface area contributed by atoms with Crippen LogP contribution in [0.5, 0.6) is 5.75 Å². The van der Waals surface area contributed by atoms with Crippen LogP contribution in [0.3, 0.4) is 0 Å². The zero-order chi connectivity index (χ0) is 24.7. The minimum Gasteiger partial charge on any atom is -0.492 e. The van der Waals surface area contributed by atoms with E-state index in [2.05, 4.69) is 16.9 Å². The minimum absolute atomic E-state index is 0.0174. The number of carbonyl (C=O) groups excluding carboxylic acids is 1. The molecule has 0 spiro atoms. The Bertz CT molecular complexity index is 1280. The van der Waals surface area contributed by atoms with Crippen molar-refractivity contribution in [2.45, 2.75) is 23.7 Å². The van der Waals surface area contributed by atoms with Crippen LogP contribution in [0.25, 0.3) is 0 Å². The van der Waals surface area contributed by atoms with Crippen LogP contribution in [0.1, 0.15) is 22.8 Å². The number of aromatic nitrogens is 1. The first-order chi connectivity index (χ1) is 16.3. The van der Waals surface area contributed by atoms with Gasteiger partial charge in [0.1, 0.15) is 11.6 Å². The Labute approximate surface area is 198 Å². The van der Waals surface area contributed by atoms with Crippen molar-refractivity contribution in [3.63, 3.8) is 0 Å². The van der Waals surface area contributed by atoms with Gasteiger partial charge in [0.25, 0.3) is 5.91 Å². The van der Waals surface area contributed by atoms with Gasteiger partial charge in [-0.3, -0.25) is 9.78 Å². The molecule has 0 saturated heterocycles. The molecule has 1 unspecified atom stereocenters. The summed E-state index contributed by atoms with van der Waals surface area (Å²) < 4.78 is 46.7. The van der Waals surface area contributed by atoms with E-state index in [1.165, 1.54) is 54.7 Å². The number of hydrogen-bond donors (Lipinski definition) is 1. The summed E-state index contributed by atoms with van der Waals surface area (Å²) in [6.07, 6.45) is 4.23. The Kier molecular flexibility index (Phi) is 8.01. The summed E-state index contributed by atoms with van der Waals surface area (Å²) in [7, 11) is -2.61. The highest BCUT2D eigenvalue weighted by atomic mass is 32.2. The second-order valence-electron chi connectivity index (χ2n) is 7.40. The highest BCUT2D eigenvalue weighted by Crippen LogP contribution is 2.28. The standard InChI is InChI=1S/C25H26FN3O4S/c1-4-24(28-21-16-27-15-14-22(21)33-5-2)34(31,32)23-13-9-7-11-19(23)25(30)29(3)17-18-10-6-8-12-20(18)26/h4,6-16,24,28H,1,5,17H2,2-3H3. The largest absolute Gasteiger partial charge is 0.492 e. The fourth-order valence-corrected chi connectivity index (χ4v) is 4.91. The number of nitrogens with one attached hydrogen (secondary N) is 1. The second-order valence-corrected chi connectivity index (χ2v) is 9.44. The van der Waals surface area contributed by atoms with Gasteiger partial charge in [0, 0.05) is 31.4 Å². The number of hydrogen-bond acceptors (Lipinski definition) is 6. The molecule has 1 atom stereocenters. The van der Waals surface area contributed by atoms with Gasteiger partial charge in [-0.05, 0) is 25.1 Å². The molecule has 2 aromatic carbocycles. The molecule has 0 aliphatic carbocycles. The molecule has 3 rings (SSSR count). The van der Waals surface area contributed by atoms with E-state index < -0.39 is 26.9 Å². The van der Waals surface area contributed by atoms with Crippen molar-refractivity contribution in [1.29, 1.82) is 0 Å². The van der Waals surface area contributed by atoms with Crippen LogP contribution in [-0.2, 0) is 16.4 Å². The van der Waals surface area contributed by atoms with Crippen molar-refractivity contribution in [2.75, 3.05) is 19.0 Å². The highest BCUT2D eigenvalue weighted by molar-refractivity contribution is 7.92. The summed E-state index contributed by atoms with van der Waals surface area (Å²) in [6.45, 7) is 5.84. The Morgan fingerprint density at radius 1 is 1.21 bits per heavy atom. The molecule has 1 amide bonds. The molecule has 9 heteroatoms. The topological polar surface area (TPSA) is 88.6 Å². The van der Waals surface area contributed by atoms with E-state index >= 15 is 0 Å². The number of pyridine rings is 1. The fourth-order valence-electron chi connectivity index (χ4n) is 3.38. The maximum atomic E-state index is 14.1. The van der Waals surface area contributed by atoms with Crippen LogP contribution >= 0.6 is 0 Å². The zero-order valence-electron chi connectivity index (χ0n) is 18.9. The van der Waals surface area contributed by atoms with E-state index in [9.17, 15) is 17.6 Å². The van der Waals surface area contributed by atoms with Gasteiger partial charge in [-0.2, -0.15) is 0 Å². The smallest absolute Gasteiger partial charge is 0.255 e. The first-order valence-corrected chi connectivity index (χ1v) is 12.1. The lowest BCUT2D eigenvalue weighted by Gasteiger charge is -2.22. The van der Waals surface area contributed by atoms with E-state index in [1.54, 1.807) is 30.3 Å². The summed E-state index contributed by atoms with van der Waals surface area (Å²) in [5, 5.41) is 1.63. The Morgan fingerprint density at radius 3 is 2.62 bits per heavy atom. The number of benzene rings is 2. The summed E-state index contributed by atoms with van der Waals surface area (Å²) in [6, 6.07) is 13.6.